The normalized spacial score (nSPS) is 10.8. The Hall–Kier alpha value is -3.65. The van der Waals surface area contributed by atoms with Gasteiger partial charge in [-0.1, -0.05) is 11.6 Å². The Morgan fingerprint density at radius 1 is 1.17 bits per heavy atom. The highest BCUT2D eigenvalue weighted by atomic mass is 35.5. The molecule has 4 rings (SSSR count). The second-order valence-electron chi connectivity index (χ2n) is 6.15. The fraction of sp³-hybridized carbons (Fsp3) is 0.0952. The predicted octanol–water partition coefficient (Wildman–Crippen LogP) is 5.44. The van der Waals surface area contributed by atoms with Gasteiger partial charge >= 0.3 is 0 Å². The summed E-state index contributed by atoms with van der Waals surface area (Å²) >= 11 is 6.01. The summed E-state index contributed by atoms with van der Waals surface area (Å²) in [7, 11) is 0. The molecule has 0 aliphatic carbocycles. The summed E-state index contributed by atoms with van der Waals surface area (Å²) in [4.78, 5) is 12.7. The lowest BCUT2D eigenvalue weighted by Gasteiger charge is -2.11. The van der Waals surface area contributed by atoms with Gasteiger partial charge in [0.25, 0.3) is 11.8 Å². The molecule has 0 aliphatic rings. The van der Waals surface area contributed by atoms with Gasteiger partial charge in [0.2, 0.25) is 5.89 Å². The Morgan fingerprint density at radius 3 is 2.77 bits per heavy atom. The number of hydrogen-bond donors (Lipinski definition) is 1. The number of carbonyl (C=O) groups is 1. The van der Waals surface area contributed by atoms with E-state index in [9.17, 15) is 9.18 Å². The topological polar surface area (TPSA) is 90.4 Å². The number of hydrogen-bond acceptors (Lipinski definition) is 6. The van der Waals surface area contributed by atoms with Gasteiger partial charge in [0.1, 0.15) is 11.6 Å². The molecule has 0 saturated carbocycles. The Labute approximate surface area is 175 Å². The second kappa shape index (κ2) is 8.38. The fourth-order valence-corrected chi connectivity index (χ4v) is 2.96. The first-order valence-corrected chi connectivity index (χ1v) is 9.33. The molecule has 1 amide bonds. The molecule has 4 aromatic rings. The van der Waals surface area contributed by atoms with E-state index in [1.54, 1.807) is 31.2 Å². The Balaban J connectivity index is 1.62. The molecular weight excluding hydrogens is 413 g/mol. The molecule has 30 heavy (non-hydrogen) atoms. The van der Waals surface area contributed by atoms with Crippen LogP contribution in [0.1, 0.15) is 17.3 Å². The van der Waals surface area contributed by atoms with Crippen LogP contribution >= 0.6 is 11.6 Å². The van der Waals surface area contributed by atoms with Crippen LogP contribution in [-0.4, -0.2) is 22.7 Å². The summed E-state index contributed by atoms with van der Waals surface area (Å²) in [6, 6.07) is 12.0. The molecule has 7 nitrogen and oxygen atoms in total. The van der Waals surface area contributed by atoms with E-state index in [1.165, 1.54) is 30.5 Å². The summed E-state index contributed by atoms with van der Waals surface area (Å²) < 4.78 is 30.4. The molecule has 0 bridgehead atoms. The molecule has 0 unspecified atom stereocenters. The first-order chi connectivity index (χ1) is 14.5. The quantitative estimate of drug-likeness (QED) is 0.440. The van der Waals surface area contributed by atoms with Crippen molar-refractivity contribution in [3.63, 3.8) is 0 Å². The van der Waals surface area contributed by atoms with Crippen LogP contribution in [0.25, 0.3) is 23.1 Å². The molecule has 2 aromatic carbocycles. The molecule has 0 radical (unpaired) electrons. The largest absolute Gasteiger partial charge is 0.493 e. The number of aromatic nitrogens is 2. The summed E-state index contributed by atoms with van der Waals surface area (Å²) in [5, 5.41) is 10.8. The predicted molar refractivity (Wildman–Crippen MR) is 108 cm³/mol. The summed E-state index contributed by atoms with van der Waals surface area (Å²) in [5.41, 5.74) is 0.731. The number of carbonyl (C=O) groups excluding carboxylic acids is 1. The lowest BCUT2D eigenvalue weighted by Crippen LogP contribution is -2.14. The number of anilines is 1. The van der Waals surface area contributed by atoms with Crippen LogP contribution in [0.2, 0.25) is 5.02 Å². The lowest BCUT2D eigenvalue weighted by molar-refractivity contribution is 0.102. The zero-order chi connectivity index (χ0) is 21.1. The zero-order valence-electron chi connectivity index (χ0n) is 15.7. The van der Waals surface area contributed by atoms with Crippen LogP contribution in [0.15, 0.2) is 63.6 Å². The Bertz CT molecular complexity index is 1190. The third kappa shape index (κ3) is 4.18. The molecular formula is C21H15ClFN3O4. The van der Waals surface area contributed by atoms with Crippen molar-refractivity contribution in [2.24, 2.45) is 0 Å². The van der Waals surface area contributed by atoms with Crippen molar-refractivity contribution in [2.75, 3.05) is 11.9 Å². The number of ether oxygens (including phenoxy) is 1. The van der Waals surface area contributed by atoms with Crippen molar-refractivity contribution in [1.82, 2.24) is 10.2 Å². The van der Waals surface area contributed by atoms with Crippen molar-refractivity contribution >= 4 is 23.2 Å². The minimum absolute atomic E-state index is 0.0779. The van der Waals surface area contributed by atoms with E-state index in [0.717, 1.165) is 0 Å². The van der Waals surface area contributed by atoms with E-state index in [-0.39, 0.29) is 23.0 Å². The molecule has 152 valence electrons. The smallest absolute Gasteiger partial charge is 0.283 e. The van der Waals surface area contributed by atoms with Crippen LogP contribution in [0.3, 0.4) is 0 Å². The maximum absolute atomic E-state index is 14.2. The fourth-order valence-electron chi connectivity index (χ4n) is 2.78. The SMILES string of the molecule is CCOc1ccc(Cl)cc1C(=O)Nc1cc(F)cc(-c2nnc(-c3ccco3)o2)c1. The van der Waals surface area contributed by atoms with Crippen molar-refractivity contribution in [1.29, 1.82) is 0 Å². The Morgan fingerprint density at radius 2 is 2.00 bits per heavy atom. The zero-order valence-corrected chi connectivity index (χ0v) is 16.4. The van der Waals surface area contributed by atoms with Gasteiger partial charge in [-0.3, -0.25) is 4.79 Å². The van der Waals surface area contributed by atoms with Gasteiger partial charge in [0.05, 0.1) is 18.4 Å². The summed E-state index contributed by atoms with van der Waals surface area (Å²) in [6.07, 6.45) is 1.47. The number of benzene rings is 2. The number of halogens is 2. The van der Waals surface area contributed by atoms with E-state index in [4.69, 9.17) is 25.2 Å². The van der Waals surface area contributed by atoms with Crippen LogP contribution in [0.4, 0.5) is 10.1 Å². The molecule has 0 saturated heterocycles. The molecule has 0 spiro atoms. The monoisotopic (exact) mass is 427 g/mol. The number of nitrogens with zero attached hydrogens (tertiary/aromatic N) is 2. The number of amides is 1. The third-order valence-corrected chi connectivity index (χ3v) is 4.28. The summed E-state index contributed by atoms with van der Waals surface area (Å²) in [5.74, 6) is -0.0885. The minimum Gasteiger partial charge on any atom is -0.493 e. The molecule has 0 fully saturated rings. The van der Waals surface area contributed by atoms with Crippen molar-refractivity contribution in [2.45, 2.75) is 6.92 Å². The first kappa shape index (κ1) is 19.7. The maximum atomic E-state index is 14.2. The average Bonchev–Trinajstić information content (AvgIpc) is 3.41. The summed E-state index contributed by atoms with van der Waals surface area (Å²) in [6.45, 7) is 2.18. The van der Waals surface area contributed by atoms with E-state index in [2.05, 4.69) is 15.5 Å². The lowest BCUT2D eigenvalue weighted by atomic mass is 10.1. The molecule has 2 aromatic heterocycles. The molecule has 1 N–H and O–H groups in total. The minimum atomic E-state index is -0.586. The average molecular weight is 428 g/mol. The van der Waals surface area contributed by atoms with Crippen molar-refractivity contribution in [3.8, 4) is 28.9 Å². The molecule has 2 heterocycles. The second-order valence-corrected chi connectivity index (χ2v) is 6.58. The van der Waals surface area contributed by atoms with Crippen LogP contribution in [0.5, 0.6) is 5.75 Å². The third-order valence-electron chi connectivity index (χ3n) is 4.05. The maximum Gasteiger partial charge on any atom is 0.283 e. The van der Waals surface area contributed by atoms with Crippen LogP contribution < -0.4 is 10.1 Å². The number of nitrogens with one attached hydrogen (secondary N) is 1. The van der Waals surface area contributed by atoms with E-state index in [1.807, 2.05) is 0 Å². The first-order valence-electron chi connectivity index (χ1n) is 8.95. The van der Waals surface area contributed by atoms with E-state index in [0.29, 0.717) is 28.7 Å². The highest BCUT2D eigenvalue weighted by molar-refractivity contribution is 6.31. The van der Waals surface area contributed by atoms with E-state index >= 15 is 0 Å². The molecule has 0 atom stereocenters. The van der Waals surface area contributed by atoms with Crippen molar-refractivity contribution < 1.29 is 22.8 Å². The number of furan rings is 1. The van der Waals surface area contributed by atoms with Gasteiger partial charge in [-0.25, -0.2) is 4.39 Å². The molecule has 0 aliphatic heterocycles. The highest BCUT2D eigenvalue weighted by Gasteiger charge is 2.17. The van der Waals surface area contributed by atoms with Crippen LogP contribution in [0, 0.1) is 5.82 Å². The van der Waals surface area contributed by atoms with Crippen LogP contribution in [-0.2, 0) is 0 Å². The van der Waals surface area contributed by atoms with Gasteiger partial charge in [-0.15, -0.1) is 10.2 Å². The van der Waals surface area contributed by atoms with Crippen molar-refractivity contribution in [3.05, 3.63) is 71.2 Å². The standard InChI is InChI=1S/C21H15ClFN3O4/c1-2-28-17-6-5-13(22)10-16(17)19(27)24-15-9-12(8-14(23)11-15)20-25-26-21(30-20)18-4-3-7-29-18/h3-11H,2H2,1H3,(H,24,27). The number of rotatable bonds is 6. The highest BCUT2D eigenvalue weighted by Crippen LogP contribution is 2.28. The van der Waals surface area contributed by atoms with Gasteiger partial charge < -0.3 is 18.9 Å². The Kier molecular flexibility index (Phi) is 5.49. The van der Waals surface area contributed by atoms with E-state index < -0.39 is 11.7 Å². The van der Waals surface area contributed by atoms with Gasteiger partial charge in [0.15, 0.2) is 5.76 Å². The van der Waals surface area contributed by atoms with Gasteiger partial charge in [-0.05, 0) is 55.5 Å². The van der Waals surface area contributed by atoms with Gasteiger partial charge in [-0.2, -0.15) is 0 Å². The molecule has 9 heteroatoms. The van der Waals surface area contributed by atoms with Gasteiger partial charge in [0, 0.05) is 16.3 Å².